The van der Waals surface area contributed by atoms with Crippen molar-refractivity contribution in [3.63, 3.8) is 0 Å². The van der Waals surface area contributed by atoms with Crippen molar-refractivity contribution in [2.75, 3.05) is 25.0 Å². The monoisotopic (exact) mass is 340 g/mol. The Bertz CT molecular complexity index is 714. The van der Waals surface area contributed by atoms with E-state index in [1.807, 2.05) is 24.3 Å². The van der Waals surface area contributed by atoms with Crippen LogP contribution in [0.4, 0.5) is 5.82 Å². The van der Waals surface area contributed by atoms with Crippen LogP contribution in [0.1, 0.15) is 24.8 Å². The number of aliphatic carboxylic acids is 1. The zero-order valence-corrected chi connectivity index (χ0v) is 14.2. The highest BCUT2D eigenvalue weighted by molar-refractivity contribution is 5.67. The maximum atomic E-state index is 10.7. The van der Waals surface area contributed by atoms with Gasteiger partial charge in [-0.3, -0.25) is 9.78 Å². The molecule has 0 bridgehead atoms. The Hall–Kier alpha value is -2.47. The van der Waals surface area contributed by atoms with E-state index in [9.17, 15) is 4.79 Å². The van der Waals surface area contributed by atoms with Gasteiger partial charge >= 0.3 is 5.97 Å². The molecule has 2 heterocycles. The number of carboxylic acids is 1. The molecule has 1 aliphatic rings. The van der Waals surface area contributed by atoms with E-state index in [2.05, 4.69) is 20.6 Å². The number of nitrogens with zero attached hydrogens (tertiary/aromatic N) is 2. The fourth-order valence-corrected chi connectivity index (χ4v) is 3.06. The summed E-state index contributed by atoms with van der Waals surface area (Å²) in [6, 6.07) is 7.84. The standard InChI is InChI=1S/C19H24N4O2/c24-19(25)5-4-14-2-1-3-16(10-14)17-12-21-13-18(23-17)22-11-15-6-8-20-9-7-15/h1-3,10,12-13,15,20H,4-9,11H2,(H,22,23)(H,24,25). The molecular weight excluding hydrogens is 316 g/mol. The molecule has 132 valence electrons. The maximum Gasteiger partial charge on any atom is 0.303 e. The summed E-state index contributed by atoms with van der Waals surface area (Å²) in [7, 11) is 0. The van der Waals surface area contributed by atoms with Gasteiger partial charge in [-0.1, -0.05) is 18.2 Å². The Balaban J connectivity index is 1.66. The van der Waals surface area contributed by atoms with Gasteiger partial charge in [-0.2, -0.15) is 0 Å². The van der Waals surface area contributed by atoms with Gasteiger partial charge in [-0.05, 0) is 49.9 Å². The van der Waals surface area contributed by atoms with E-state index in [4.69, 9.17) is 5.11 Å². The van der Waals surface area contributed by atoms with Crippen molar-refractivity contribution in [2.45, 2.75) is 25.7 Å². The number of carbonyl (C=O) groups is 1. The fourth-order valence-electron chi connectivity index (χ4n) is 3.06. The van der Waals surface area contributed by atoms with Crippen molar-refractivity contribution in [1.82, 2.24) is 15.3 Å². The van der Waals surface area contributed by atoms with Gasteiger partial charge in [0.1, 0.15) is 5.82 Å². The lowest BCUT2D eigenvalue weighted by Gasteiger charge is -2.22. The minimum absolute atomic E-state index is 0.132. The minimum Gasteiger partial charge on any atom is -0.481 e. The molecule has 1 aromatic carbocycles. The van der Waals surface area contributed by atoms with Crippen LogP contribution in [-0.4, -0.2) is 40.7 Å². The molecule has 3 N–H and O–H groups in total. The second-order valence-corrected chi connectivity index (χ2v) is 6.46. The first kappa shape index (κ1) is 17.4. The van der Waals surface area contributed by atoms with Gasteiger partial charge in [0.2, 0.25) is 0 Å². The van der Waals surface area contributed by atoms with Crippen molar-refractivity contribution in [2.24, 2.45) is 5.92 Å². The van der Waals surface area contributed by atoms with Gasteiger partial charge in [-0.15, -0.1) is 0 Å². The summed E-state index contributed by atoms with van der Waals surface area (Å²) in [6.07, 6.45) is 6.51. The second kappa shape index (κ2) is 8.58. The summed E-state index contributed by atoms with van der Waals surface area (Å²) in [5, 5.41) is 15.6. The summed E-state index contributed by atoms with van der Waals surface area (Å²) >= 11 is 0. The molecule has 1 saturated heterocycles. The number of hydrogen-bond donors (Lipinski definition) is 3. The molecule has 0 atom stereocenters. The molecule has 0 unspecified atom stereocenters. The third kappa shape index (κ3) is 5.26. The third-order valence-corrected chi connectivity index (χ3v) is 4.52. The molecule has 1 fully saturated rings. The first-order chi connectivity index (χ1) is 12.2. The molecule has 1 aromatic heterocycles. The Labute approximate surface area is 147 Å². The number of piperidine rings is 1. The highest BCUT2D eigenvalue weighted by Gasteiger charge is 2.13. The van der Waals surface area contributed by atoms with E-state index in [0.29, 0.717) is 12.3 Å². The molecule has 6 heteroatoms. The van der Waals surface area contributed by atoms with Crippen LogP contribution in [0.3, 0.4) is 0 Å². The van der Waals surface area contributed by atoms with Gasteiger partial charge in [-0.25, -0.2) is 4.98 Å². The van der Waals surface area contributed by atoms with E-state index in [-0.39, 0.29) is 6.42 Å². The number of aryl methyl sites for hydroxylation is 1. The number of nitrogens with one attached hydrogen (secondary N) is 2. The average Bonchev–Trinajstić information content (AvgIpc) is 2.66. The molecule has 0 amide bonds. The van der Waals surface area contributed by atoms with E-state index in [0.717, 1.165) is 42.3 Å². The highest BCUT2D eigenvalue weighted by Crippen LogP contribution is 2.20. The molecule has 0 aliphatic carbocycles. The van der Waals surface area contributed by atoms with Crippen LogP contribution in [0.25, 0.3) is 11.3 Å². The number of aromatic nitrogens is 2. The van der Waals surface area contributed by atoms with Crippen LogP contribution >= 0.6 is 0 Å². The summed E-state index contributed by atoms with van der Waals surface area (Å²) in [5.74, 6) is 0.673. The Kier molecular flexibility index (Phi) is 5.95. The first-order valence-electron chi connectivity index (χ1n) is 8.78. The lowest BCUT2D eigenvalue weighted by atomic mass is 9.98. The van der Waals surface area contributed by atoms with Gasteiger partial charge in [0.05, 0.1) is 18.1 Å². The molecule has 3 rings (SSSR count). The van der Waals surface area contributed by atoms with E-state index < -0.39 is 5.97 Å². The van der Waals surface area contributed by atoms with Gasteiger partial charge in [0, 0.05) is 18.5 Å². The molecule has 0 spiro atoms. The first-order valence-corrected chi connectivity index (χ1v) is 8.78. The largest absolute Gasteiger partial charge is 0.481 e. The number of hydrogen-bond acceptors (Lipinski definition) is 5. The quantitative estimate of drug-likeness (QED) is 0.718. The number of benzene rings is 1. The fraction of sp³-hybridized carbons (Fsp3) is 0.421. The topological polar surface area (TPSA) is 87.1 Å². The molecule has 0 saturated carbocycles. The normalized spacial score (nSPS) is 15.0. The van der Waals surface area contributed by atoms with Crippen LogP contribution in [-0.2, 0) is 11.2 Å². The van der Waals surface area contributed by atoms with Crippen LogP contribution < -0.4 is 10.6 Å². The van der Waals surface area contributed by atoms with Crippen molar-refractivity contribution in [1.29, 1.82) is 0 Å². The SMILES string of the molecule is O=C(O)CCc1cccc(-c2cncc(NCC3CCNCC3)n2)c1. The van der Waals surface area contributed by atoms with E-state index >= 15 is 0 Å². The number of rotatable bonds is 7. The maximum absolute atomic E-state index is 10.7. The van der Waals surface area contributed by atoms with E-state index in [1.165, 1.54) is 12.8 Å². The van der Waals surface area contributed by atoms with Gasteiger partial charge < -0.3 is 15.7 Å². The molecule has 2 aromatic rings. The highest BCUT2D eigenvalue weighted by atomic mass is 16.4. The third-order valence-electron chi connectivity index (χ3n) is 4.52. The molecule has 6 nitrogen and oxygen atoms in total. The summed E-state index contributed by atoms with van der Waals surface area (Å²) in [5.41, 5.74) is 2.75. The zero-order chi connectivity index (χ0) is 17.5. The Morgan fingerprint density at radius 1 is 1.28 bits per heavy atom. The smallest absolute Gasteiger partial charge is 0.303 e. The van der Waals surface area contributed by atoms with Crippen molar-refractivity contribution in [3.05, 3.63) is 42.2 Å². The summed E-state index contributed by atoms with van der Waals surface area (Å²) in [4.78, 5) is 19.7. The predicted molar refractivity (Wildman–Crippen MR) is 97.5 cm³/mol. The summed E-state index contributed by atoms with van der Waals surface area (Å²) < 4.78 is 0. The zero-order valence-electron chi connectivity index (χ0n) is 14.2. The number of anilines is 1. The Morgan fingerprint density at radius 3 is 2.92 bits per heavy atom. The molecule has 1 aliphatic heterocycles. The number of carboxylic acid groups (broad SMARTS) is 1. The van der Waals surface area contributed by atoms with Crippen LogP contribution in [0, 0.1) is 5.92 Å². The predicted octanol–water partition coefficient (Wildman–Crippen LogP) is 2.57. The molecule has 25 heavy (non-hydrogen) atoms. The molecular formula is C19H24N4O2. The molecule has 0 radical (unpaired) electrons. The van der Waals surface area contributed by atoms with Crippen LogP contribution in [0.2, 0.25) is 0 Å². The van der Waals surface area contributed by atoms with Crippen molar-refractivity contribution in [3.8, 4) is 11.3 Å². The van der Waals surface area contributed by atoms with E-state index in [1.54, 1.807) is 12.4 Å². The average molecular weight is 340 g/mol. The lowest BCUT2D eigenvalue weighted by molar-refractivity contribution is -0.136. The van der Waals surface area contributed by atoms with Gasteiger partial charge in [0.15, 0.2) is 0 Å². The van der Waals surface area contributed by atoms with Gasteiger partial charge in [0.25, 0.3) is 0 Å². The van der Waals surface area contributed by atoms with Crippen molar-refractivity contribution < 1.29 is 9.90 Å². The Morgan fingerprint density at radius 2 is 2.12 bits per heavy atom. The van der Waals surface area contributed by atoms with Crippen molar-refractivity contribution >= 4 is 11.8 Å². The van der Waals surface area contributed by atoms with Crippen LogP contribution in [0.5, 0.6) is 0 Å². The summed E-state index contributed by atoms with van der Waals surface area (Å²) in [6.45, 7) is 3.08. The van der Waals surface area contributed by atoms with Crippen LogP contribution in [0.15, 0.2) is 36.7 Å². The second-order valence-electron chi connectivity index (χ2n) is 6.46. The minimum atomic E-state index is -0.783. The lowest BCUT2D eigenvalue weighted by Crippen LogP contribution is -2.31.